The number of nitrogens with zero attached hydrogens (tertiary/aromatic N) is 1. The lowest BCUT2D eigenvalue weighted by Crippen LogP contribution is -2.36. The summed E-state index contributed by atoms with van der Waals surface area (Å²) in [4.78, 5) is 0.383. The van der Waals surface area contributed by atoms with E-state index >= 15 is 0 Å². The predicted molar refractivity (Wildman–Crippen MR) is 75.1 cm³/mol. The lowest BCUT2D eigenvalue weighted by atomic mass is 10.2. The minimum atomic E-state index is -3.35. The molecule has 0 fully saturated rings. The molecule has 0 radical (unpaired) electrons. The quantitative estimate of drug-likeness (QED) is 0.796. The molecule has 0 aliphatic heterocycles. The van der Waals surface area contributed by atoms with E-state index in [1.165, 1.54) is 4.31 Å². The van der Waals surface area contributed by atoms with Gasteiger partial charge in [-0.05, 0) is 37.0 Å². The molecule has 0 bridgehead atoms. The molecule has 3 nitrogen and oxygen atoms in total. The maximum atomic E-state index is 12.4. The van der Waals surface area contributed by atoms with Gasteiger partial charge < -0.3 is 0 Å². The maximum absolute atomic E-state index is 12.4. The van der Waals surface area contributed by atoms with Gasteiger partial charge in [-0.2, -0.15) is 4.31 Å². The third kappa shape index (κ3) is 3.12. The van der Waals surface area contributed by atoms with Crippen LogP contribution in [0.2, 0.25) is 0 Å². The van der Waals surface area contributed by atoms with Crippen LogP contribution in [-0.4, -0.2) is 25.8 Å². The number of rotatable bonds is 6. The molecule has 4 heteroatoms. The summed E-state index contributed by atoms with van der Waals surface area (Å²) in [6.07, 6.45) is 2.58. The summed E-state index contributed by atoms with van der Waals surface area (Å²) in [6, 6.07) is 7.24. The van der Waals surface area contributed by atoms with Crippen LogP contribution in [-0.2, 0) is 16.4 Å². The minimum Gasteiger partial charge on any atom is -0.207 e. The van der Waals surface area contributed by atoms with E-state index in [0.717, 1.165) is 24.8 Å². The fourth-order valence-electron chi connectivity index (χ4n) is 2.06. The van der Waals surface area contributed by atoms with Crippen molar-refractivity contribution in [2.24, 2.45) is 0 Å². The van der Waals surface area contributed by atoms with Crippen molar-refractivity contribution >= 4 is 10.0 Å². The molecule has 0 N–H and O–H groups in total. The topological polar surface area (TPSA) is 37.4 Å². The van der Waals surface area contributed by atoms with Crippen molar-refractivity contribution in [3.8, 4) is 0 Å². The second-order valence-corrected chi connectivity index (χ2v) is 6.49. The summed E-state index contributed by atoms with van der Waals surface area (Å²) in [5, 5.41) is 0. The van der Waals surface area contributed by atoms with Crippen molar-refractivity contribution in [2.45, 2.75) is 51.0 Å². The first kappa shape index (κ1) is 15.2. The van der Waals surface area contributed by atoms with E-state index < -0.39 is 10.0 Å². The Morgan fingerprint density at radius 2 is 1.56 bits per heavy atom. The number of sulfonamides is 1. The molecular formula is C14H23NO2S. The average Bonchev–Trinajstić information content (AvgIpc) is 2.40. The highest BCUT2D eigenvalue weighted by molar-refractivity contribution is 7.89. The molecule has 18 heavy (non-hydrogen) atoms. The summed E-state index contributed by atoms with van der Waals surface area (Å²) in [6.45, 7) is 6.08. The van der Waals surface area contributed by atoms with Gasteiger partial charge in [0.25, 0.3) is 0 Å². The van der Waals surface area contributed by atoms with E-state index in [2.05, 4.69) is 6.92 Å². The lowest BCUT2D eigenvalue weighted by molar-refractivity contribution is 0.349. The van der Waals surface area contributed by atoms with Gasteiger partial charge in [0.2, 0.25) is 10.0 Å². The highest BCUT2D eigenvalue weighted by Gasteiger charge is 2.25. The Labute approximate surface area is 111 Å². The standard InChI is InChI=1S/C14H23NO2S/c1-5-12-8-10-14(11-9-12)18(16,17)15(4)13(6-2)7-3/h8-11,13H,5-7H2,1-4H3. The van der Waals surface area contributed by atoms with Gasteiger partial charge in [-0.15, -0.1) is 0 Å². The van der Waals surface area contributed by atoms with Gasteiger partial charge in [-0.25, -0.2) is 8.42 Å². The molecule has 0 saturated heterocycles. The van der Waals surface area contributed by atoms with Gasteiger partial charge in [-0.3, -0.25) is 0 Å². The number of aryl methyl sites for hydroxylation is 1. The lowest BCUT2D eigenvalue weighted by Gasteiger charge is -2.25. The van der Waals surface area contributed by atoms with Crippen LogP contribution in [0.25, 0.3) is 0 Å². The highest BCUT2D eigenvalue weighted by atomic mass is 32.2. The Bertz CT molecular complexity index is 461. The molecule has 0 spiro atoms. The van der Waals surface area contributed by atoms with Crippen molar-refractivity contribution in [1.82, 2.24) is 4.31 Å². The normalized spacial score (nSPS) is 12.3. The average molecular weight is 269 g/mol. The van der Waals surface area contributed by atoms with Crippen LogP contribution < -0.4 is 0 Å². The zero-order valence-electron chi connectivity index (χ0n) is 11.7. The zero-order chi connectivity index (χ0) is 13.8. The van der Waals surface area contributed by atoms with Crippen LogP contribution in [0.3, 0.4) is 0 Å². The largest absolute Gasteiger partial charge is 0.243 e. The van der Waals surface area contributed by atoms with E-state index in [4.69, 9.17) is 0 Å². The Morgan fingerprint density at radius 3 is 1.94 bits per heavy atom. The van der Waals surface area contributed by atoms with Gasteiger partial charge in [0.15, 0.2) is 0 Å². The molecule has 0 unspecified atom stereocenters. The van der Waals surface area contributed by atoms with Gasteiger partial charge in [-0.1, -0.05) is 32.9 Å². The van der Waals surface area contributed by atoms with E-state index in [-0.39, 0.29) is 6.04 Å². The monoisotopic (exact) mass is 269 g/mol. The second-order valence-electron chi connectivity index (χ2n) is 4.49. The summed E-state index contributed by atoms with van der Waals surface area (Å²) >= 11 is 0. The van der Waals surface area contributed by atoms with Crippen LogP contribution >= 0.6 is 0 Å². The number of hydrogen-bond donors (Lipinski definition) is 0. The van der Waals surface area contributed by atoms with Crippen molar-refractivity contribution < 1.29 is 8.42 Å². The van der Waals surface area contributed by atoms with E-state index in [1.54, 1.807) is 19.2 Å². The number of hydrogen-bond acceptors (Lipinski definition) is 2. The van der Waals surface area contributed by atoms with E-state index in [0.29, 0.717) is 4.90 Å². The summed E-state index contributed by atoms with van der Waals surface area (Å²) < 4.78 is 26.3. The van der Waals surface area contributed by atoms with Crippen LogP contribution in [0.5, 0.6) is 0 Å². The van der Waals surface area contributed by atoms with E-state index in [9.17, 15) is 8.42 Å². The van der Waals surface area contributed by atoms with Crippen LogP contribution in [0, 0.1) is 0 Å². The Hall–Kier alpha value is -0.870. The molecule has 1 aromatic carbocycles. The molecule has 0 aromatic heterocycles. The zero-order valence-corrected chi connectivity index (χ0v) is 12.5. The molecule has 1 rings (SSSR count). The molecular weight excluding hydrogens is 246 g/mol. The molecule has 0 saturated carbocycles. The Kier molecular flexibility index (Phi) is 5.35. The smallest absolute Gasteiger partial charge is 0.207 e. The van der Waals surface area contributed by atoms with Crippen molar-refractivity contribution in [3.63, 3.8) is 0 Å². The predicted octanol–water partition coefficient (Wildman–Crippen LogP) is 3.06. The van der Waals surface area contributed by atoms with Gasteiger partial charge in [0.1, 0.15) is 0 Å². The molecule has 0 heterocycles. The highest BCUT2D eigenvalue weighted by Crippen LogP contribution is 2.20. The van der Waals surface area contributed by atoms with Crippen molar-refractivity contribution in [1.29, 1.82) is 0 Å². The molecule has 0 amide bonds. The molecule has 0 atom stereocenters. The third-order valence-electron chi connectivity index (χ3n) is 3.47. The van der Waals surface area contributed by atoms with Gasteiger partial charge in [0.05, 0.1) is 4.90 Å². The maximum Gasteiger partial charge on any atom is 0.243 e. The summed E-state index contributed by atoms with van der Waals surface area (Å²) in [7, 11) is -1.69. The summed E-state index contributed by atoms with van der Waals surface area (Å²) in [5.41, 5.74) is 1.15. The minimum absolute atomic E-state index is 0.0702. The fraction of sp³-hybridized carbons (Fsp3) is 0.571. The Balaban J connectivity index is 3.04. The first-order valence-electron chi connectivity index (χ1n) is 6.54. The molecule has 1 aromatic rings. The van der Waals surface area contributed by atoms with Gasteiger partial charge in [0, 0.05) is 13.1 Å². The van der Waals surface area contributed by atoms with Crippen molar-refractivity contribution in [3.05, 3.63) is 29.8 Å². The van der Waals surface area contributed by atoms with Crippen LogP contribution in [0.15, 0.2) is 29.2 Å². The number of benzene rings is 1. The first-order valence-corrected chi connectivity index (χ1v) is 7.98. The summed E-state index contributed by atoms with van der Waals surface area (Å²) in [5.74, 6) is 0. The molecule has 0 aliphatic rings. The first-order chi connectivity index (χ1) is 8.47. The molecule has 0 aliphatic carbocycles. The second kappa shape index (κ2) is 6.34. The van der Waals surface area contributed by atoms with Crippen molar-refractivity contribution in [2.75, 3.05) is 7.05 Å². The van der Waals surface area contributed by atoms with Crippen LogP contribution in [0.4, 0.5) is 0 Å². The SMILES string of the molecule is CCc1ccc(S(=O)(=O)N(C)C(CC)CC)cc1. The third-order valence-corrected chi connectivity index (χ3v) is 5.39. The van der Waals surface area contributed by atoms with Crippen LogP contribution in [0.1, 0.15) is 39.2 Å². The fourth-order valence-corrected chi connectivity index (χ4v) is 3.57. The molecule has 102 valence electrons. The van der Waals surface area contributed by atoms with Gasteiger partial charge >= 0.3 is 0 Å². The Morgan fingerprint density at radius 1 is 1.06 bits per heavy atom. The van der Waals surface area contributed by atoms with E-state index in [1.807, 2.05) is 26.0 Å².